The molecule has 0 bridgehead atoms. The quantitative estimate of drug-likeness (QED) is 0.774. The second kappa shape index (κ2) is 3.86. The van der Waals surface area contributed by atoms with Gasteiger partial charge in [-0.05, 0) is 0 Å². The van der Waals surface area contributed by atoms with Crippen LogP contribution in [0.3, 0.4) is 0 Å². The smallest absolute Gasteiger partial charge is 0.251 e. The molecule has 1 aliphatic rings. The second-order valence-electron chi connectivity index (χ2n) is 4.55. The number of halogens is 2. The van der Waals surface area contributed by atoms with Crippen LogP contribution >= 0.6 is 0 Å². The number of nitrogens with zero attached hydrogens (tertiary/aromatic N) is 5. The molecule has 96 valence electrons. The van der Waals surface area contributed by atoms with E-state index in [1.807, 2.05) is 4.90 Å². The lowest BCUT2D eigenvalue weighted by Gasteiger charge is -2.32. The van der Waals surface area contributed by atoms with Crippen LogP contribution in [0.2, 0.25) is 0 Å². The SMILES string of the molecule is Cn1ncc2c(N3CCC(F)(F)CC3)ncnc21. The molecule has 0 aliphatic carbocycles. The summed E-state index contributed by atoms with van der Waals surface area (Å²) in [5.41, 5.74) is 0.720. The van der Waals surface area contributed by atoms with Crippen molar-refractivity contribution in [2.45, 2.75) is 18.8 Å². The molecular weight excluding hydrogens is 240 g/mol. The van der Waals surface area contributed by atoms with Crippen molar-refractivity contribution >= 4 is 16.9 Å². The van der Waals surface area contributed by atoms with E-state index in [4.69, 9.17) is 0 Å². The van der Waals surface area contributed by atoms with E-state index in [1.165, 1.54) is 6.33 Å². The molecular formula is C11H13F2N5. The fraction of sp³-hybridized carbons (Fsp3) is 0.545. The molecule has 18 heavy (non-hydrogen) atoms. The average molecular weight is 253 g/mol. The summed E-state index contributed by atoms with van der Waals surface area (Å²) >= 11 is 0. The fourth-order valence-corrected chi connectivity index (χ4v) is 2.25. The van der Waals surface area contributed by atoms with E-state index in [1.54, 1.807) is 17.9 Å². The maximum absolute atomic E-state index is 13.1. The Labute approximate surface area is 102 Å². The highest BCUT2D eigenvalue weighted by Gasteiger charge is 2.34. The number of anilines is 1. The van der Waals surface area contributed by atoms with Crippen molar-refractivity contribution in [3.05, 3.63) is 12.5 Å². The number of piperidine rings is 1. The number of aryl methyl sites for hydroxylation is 1. The maximum Gasteiger partial charge on any atom is 0.251 e. The Morgan fingerprint density at radius 1 is 1.22 bits per heavy atom. The molecule has 3 rings (SSSR count). The summed E-state index contributed by atoms with van der Waals surface area (Å²) in [4.78, 5) is 10.2. The monoisotopic (exact) mass is 253 g/mol. The highest BCUT2D eigenvalue weighted by Crippen LogP contribution is 2.31. The van der Waals surface area contributed by atoms with Crippen LogP contribution in [0.1, 0.15) is 12.8 Å². The van der Waals surface area contributed by atoms with Crippen molar-refractivity contribution in [1.82, 2.24) is 19.7 Å². The van der Waals surface area contributed by atoms with Gasteiger partial charge in [-0.25, -0.2) is 18.7 Å². The van der Waals surface area contributed by atoms with Crippen LogP contribution in [0.4, 0.5) is 14.6 Å². The molecule has 2 aromatic heterocycles. The van der Waals surface area contributed by atoms with Crippen LogP contribution in [0.5, 0.6) is 0 Å². The summed E-state index contributed by atoms with van der Waals surface area (Å²) in [6.07, 6.45) is 2.88. The summed E-state index contributed by atoms with van der Waals surface area (Å²) in [5.74, 6) is -1.85. The lowest BCUT2D eigenvalue weighted by molar-refractivity contribution is -0.0221. The third kappa shape index (κ3) is 1.79. The van der Waals surface area contributed by atoms with Crippen molar-refractivity contribution in [1.29, 1.82) is 0 Å². The molecule has 0 atom stereocenters. The van der Waals surface area contributed by atoms with Crippen LogP contribution < -0.4 is 4.90 Å². The minimum absolute atomic E-state index is 0.126. The zero-order chi connectivity index (χ0) is 12.8. The van der Waals surface area contributed by atoms with Gasteiger partial charge in [-0.3, -0.25) is 4.68 Å². The van der Waals surface area contributed by atoms with Crippen LogP contribution in [-0.2, 0) is 7.05 Å². The van der Waals surface area contributed by atoms with Crippen LogP contribution in [0.25, 0.3) is 11.0 Å². The van der Waals surface area contributed by atoms with Crippen molar-refractivity contribution in [2.75, 3.05) is 18.0 Å². The van der Waals surface area contributed by atoms with Gasteiger partial charge in [-0.1, -0.05) is 0 Å². The minimum atomic E-state index is -2.54. The third-order valence-electron chi connectivity index (χ3n) is 3.30. The van der Waals surface area contributed by atoms with Gasteiger partial charge >= 0.3 is 0 Å². The van der Waals surface area contributed by atoms with Crippen molar-refractivity contribution in [3.63, 3.8) is 0 Å². The Hall–Kier alpha value is -1.79. The number of aromatic nitrogens is 4. The lowest BCUT2D eigenvalue weighted by atomic mass is 10.1. The first-order chi connectivity index (χ1) is 8.57. The zero-order valence-corrected chi connectivity index (χ0v) is 9.98. The van der Waals surface area contributed by atoms with Crippen LogP contribution in [0, 0.1) is 0 Å². The molecule has 1 fully saturated rings. The highest BCUT2D eigenvalue weighted by atomic mass is 19.3. The fourth-order valence-electron chi connectivity index (χ4n) is 2.25. The van der Waals surface area contributed by atoms with Crippen molar-refractivity contribution in [2.24, 2.45) is 7.05 Å². The van der Waals surface area contributed by atoms with Gasteiger partial charge in [-0.15, -0.1) is 0 Å². The van der Waals surface area contributed by atoms with Gasteiger partial charge in [0.05, 0.1) is 11.6 Å². The largest absolute Gasteiger partial charge is 0.355 e. The first-order valence-electron chi connectivity index (χ1n) is 5.82. The van der Waals surface area contributed by atoms with E-state index in [2.05, 4.69) is 15.1 Å². The molecule has 0 saturated carbocycles. The van der Waals surface area contributed by atoms with Gasteiger partial charge in [-0.2, -0.15) is 5.10 Å². The van der Waals surface area contributed by atoms with Gasteiger partial charge in [0, 0.05) is 33.0 Å². The number of hydrogen-bond donors (Lipinski definition) is 0. The molecule has 0 unspecified atom stereocenters. The Balaban J connectivity index is 1.95. The van der Waals surface area contributed by atoms with E-state index < -0.39 is 5.92 Å². The second-order valence-corrected chi connectivity index (χ2v) is 4.55. The number of alkyl halides is 2. The predicted molar refractivity (Wildman–Crippen MR) is 62.7 cm³/mol. The first kappa shape index (κ1) is 11.3. The molecule has 1 saturated heterocycles. The van der Waals surface area contributed by atoms with E-state index in [0.29, 0.717) is 18.9 Å². The summed E-state index contributed by atoms with van der Waals surface area (Å²) in [6, 6.07) is 0. The van der Waals surface area contributed by atoms with Gasteiger partial charge in [0.25, 0.3) is 5.92 Å². The standard InChI is InChI=1S/C11H13F2N5/c1-17-9-8(6-16-17)10(15-7-14-9)18-4-2-11(12,13)3-5-18/h6-7H,2-5H2,1H3. The van der Waals surface area contributed by atoms with E-state index in [-0.39, 0.29) is 12.8 Å². The molecule has 0 radical (unpaired) electrons. The number of rotatable bonds is 1. The van der Waals surface area contributed by atoms with Crippen LogP contribution in [0.15, 0.2) is 12.5 Å². The summed E-state index contributed by atoms with van der Waals surface area (Å²) in [5, 5.41) is 4.93. The molecule has 0 spiro atoms. The zero-order valence-electron chi connectivity index (χ0n) is 9.98. The predicted octanol–water partition coefficient (Wildman–Crippen LogP) is 1.60. The maximum atomic E-state index is 13.1. The molecule has 3 heterocycles. The number of hydrogen-bond acceptors (Lipinski definition) is 4. The van der Waals surface area contributed by atoms with Crippen molar-refractivity contribution < 1.29 is 8.78 Å². The minimum Gasteiger partial charge on any atom is -0.355 e. The first-order valence-corrected chi connectivity index (χ1v) is 5.82. The topological polar surface area (TPSA) is 46.8 Å². The van der Waals surface area contributed by atoms with Crippen LogP contribution in [-0.4, -0.2) is 38.8 Å². The normalized spacial score (nSPS) is 19.4. The Morgan fingerprint density at radius 3 is 2.67 bits per heavy atom. The van der Waals surface area contributed by atoms with E-state index in [0.717, 1.165) is 11.0 Å². The van der Waals surface area contributed by atoms with E-state index in [9.17, 15) is 8.78 Å². The van der Waals surface area contributed by atoms with E-state index >= 15 is 0 Å². The molecule has 0 aromatic carbocycles. The Morgan fingerprint density at radius 2 is 1.94 bits per heavy atom. The summed E-state index contributed by atoms with van der Waals surface area (Å²) in [7, 11) is 1.80. The number of fused-ring (bicyclic) bond motifs is 1. The average Bonchev–Trinajstić information content (AvgIpc) is 2.72. The molecule has 7 heteroatoms. The van der Waals surface area contributed by atoms with Gasteiger partial charge in [0.15, 0.2) is 5.65 Å². The summed E-state index contributed by atoms with van der Waals surface area (Å²) in [6.45, 7) is 0.627. The lowest BCUT2D eigenvalue weighted by Crippen LogP contribution is -2.39. The highest BCUT2D eigenvalue weighted by molar-refractivity contribution is 5.86. The molecule has 5 nitrogen and oxygen atoms in total. The van der Waals surface area contributed by atoms with Gasteiger partial charge < -0.3 is 4.90 Å². The summed E-state index contributed by atoms with van der Waals surface area (Å²) < 4.78 is 27.9. The molecule has 0 amide bonds. The molecule has 0 N–H and O–H groups in total. The molecule has 2 aromatic rings. The van der Waals surface area contributed by atoms with Gasteiger partial charge in [0.2, 0.25) is 0 Å². The van der Waals surface area contributed by atoms with Gasteiger partial charge in [0.1, 0.15) is 12.1 Å². The Bertz CT molecular complexity index is 570. The molecule has 1 aliphatic heterocycles. The van der Waals surface area contributed by atoms with Crippen molar-refractivity contribution in [3.8, 4) is 0 Å². The third-order valence-corrected chi connectivity index (χ3v) is 3.30. The Kier molecular flexibility index (Phi) is 2.42.